The summed E-state index contributed by atoms with van der Waals surface area (Å²) in [6, 6.07) is 15.8. The van der Waals surface area contributed by atoms with Crippen molar-refractivity contribution in [2.24, 2.45) is 0 Å². The minimum atomic E-state index is -0.0804. The molecule has 0 aliphatic heterocycles. The zero-order chi connectivity index (χ0) is 17.9. The lowest BCUT2D eigenvalue weighted by Gasteiger charge is -2.09. The number of carbonyl (C=O) groups excluding carboxylic acids is 1. The SMILES string of the molecule is CCc1ccc(NC(=O)Cn2c(-c3cncs3)nc3ccccc32)cc1. The third kappa shape index (κ3) is 3.23. The maximum atomic E-state index is 12.6. The number of rotatable bonds is 5. The fourth-order valence-corrected chi connectivity index (χ4v) is 3.54. The number of aryl methyl sites for hydroxylation is 1. The highest BCUT2D eigenvalue weighted by Gasteiger charge is 2.16. The molecule has 2 aromatic heterocycles. The van der Waals surface area contributed by atoms with Gasteiger partial charge in [-0.15, -0.1) is 11.3 Å². The van der Waals surface area contributed by atoms with Crippen LogP contribution in [0.15, 0.2) is 60.2 Å². The second kappa shape index (κ2) is 7.09. The Morgan fingerprint density at radius 1 is 1.15 bits per heavy atom. The van der Waals surface area contributed by atoms with Gasteiger partial charge in [0.15, 0.2) is 5.82 Å². The van der Waals surface area contributed by atoms with Gasteiger partial charge in [0.25, 0.3) is 0 Å². The molecule has 130 valence electrons. The maximum Gasteiger partial charge on any atom is 0.244 e. The van der Waals surface area contributed by atoms with Crippen molar-refractivity contribution in [2.45, 2.75) is 19.9 Å². The highest BCUT2D eigenvalue weighted by Crippen LogP contribution is 2.27. The van der Waals surface area contributed by atoms with Gasteiger partial charge in [-0.1, -0.05) is 31.2 Å². The average Bonchev–Trinajstić information content (AvgIpc) is 3.31. The number of hydrogen-bond acceptors (Lipinski definition) is 4. The number of carbonyl (C=O) groups is 1. The van der Waals surface area contributed by atoms with Crippen LogP contribution in [-0.4, -0.2) is 20.4 Å². The Balaban J connectivity index is 1.63. The first-order chi connectivity index (χ1) is 12.7. The average molecular weight is 362 g/mol. The Hall–Kier alpha value is -2.99. The molecule has 0 aliphatic carbocycles. The summed E-state index contributed by atoms with van der Waals surface area (Å²) in [6.07, 6.45) is 2.76. The molecule has 0 radical (unpaired) electrons. The fraction of sp³-hybridized carbons (Fsp3) is 0.150. The Kier molecular flexibility index (Phi) is 4.50. The summed E-state index contributed by atoms with van der Waals surface area (Å²) in [5, 5.41) is 2.97. The highest BCUT2D eigenvalue weighted by molar-refractivity contribution is 7.13. The van der Waals surface area contributed by atoms with Crippen molar-refractivity contribution >= 4 is 34.0 Å². The van der Waals surface area contributed by atoms with Gasteiger partial charge in [0.2, 0.25) is 5.91 Å². The van der Waals surface area contributed by atoms with E-state index in [1.807, 2.05) is 53.1 Å². The number of hydrogen-bond donors (Lipinski definition) is 1. The molecule has 0 saturated heterocycles. The van der Waals surface area contributed by atoms with E-state index in [0.717, 1.165) is 33.8 Å². The van der Waals surface area contributed by atoms with Crippen LogP contribution in [0.2, 0.25) is 0 Å². The molecule has 0 bridgehead atoms. The quantitative estimate of drug-likeness (QED) is 0.574. The van der Waals surface area contributed by atoms with Crippen molar-refractivity contribution in [3.05, 3.63) is 65.8 Å². The third-order valence-corrected chi connectivity index (χ3v) is 5.02. The third-order valence-electron chi connectivity index (χ3n) is 4.25. The number of thiazole rings is 1. The van der Waals surface area contributed by atoms with E-state index in [-0.39, 0.29) is 12.5 Å². The molecule has 2 heterocycles. The van der Waals surface area contributed by atoms with Gasteiger partial charge in [-0.25, -0.2) is 4.98 Å². The van der Waals surface area contributed by atoms with Crippen molar-refractivity contribution in [3.8, 4) is 10.7 Å². The van der Waals surface area contributed by atoms with Crippen LogP contribution < -0.4 is 5.32 Å². The first-order valence-corrected chi connectivity index (χ1v) is 9.35. The number of amides is 1. The number of benzene rings is 2. The summed E-state index contributed by atoms with van der Waals surface area (Å²) in [4.78, 5) is 22.4. The van der Waals surface area contributed by atoms with E-state index in [9.17, 15) is 4.79 Å². The number of imidazole rings is 1. The summed E-state index contributed by atoms with van der Waals surface area (Å²) in [5.41, 5.74) is 5.63. The molecular formula is C20H18N4OS. The van der Waals surface area contributed by atoms with Crippen molar-refractivity contribution in [2.75, 3.05) is 5.32 Å². The van der Waals surface area contributed by atoms with Gasteiger partial charge < -0.3 is 9.88 Å². The fourth-order valence-electron chi connectivity index (χ4n) is 2.92. The van der Waals surface area contributed by atoms with Gasteiger partial charge in [-0.2, -0.15) is 0 Å². The molecule has 2 aromatic carbocycles. The maximum absolute atomic E-state index is 12.6. The zero-order valence-corrected chi connectivity index (χ0v) is 15.2. The first kappa shape index (κ1) is 16.5. The Labute approximate surface area is 155 Å². The van der Waals surface area contributed by atoms with Gasteiger partial charge in [0.05, 0.1) is 21.4 Å². The topological polar surface area (TPSA) is 59.8 Å². The molecule has 0 unspecified atom stereocenters. The largest absolute Gasteiger partial charge is 0.325 e. The van der Waals surface area contributed by atoms with E-state index >= 15 is 0 Å². The molecule has 6 heteroatoms. The van der Waals surface area contributed by atoms with Crippen molar-refractivity contribution < 1.29 is 4.79 Å². The van der Waals surface area contributed by atoms with Crippen LogP contribution in [0.1, 0.15) is 12.5 Å². The van der Waals surface area contributed by atoms with Crippen LogP contribution in [0.5, 0.6) is 0 Å². The number of fused-ring (bicyclic) bond motifs is 1. The smallest absolute Gasteiger partial charge is 0.244 e. The van der Waals surface area contributed by atoms with Crippen LogP contribution in [0.3, 0.4) is 0 Å². The zero-order valence-electron chi connectivity index (χ0n) is 14.3. The normalized spacial score (nSPS) is 11.0. The molecule has 4 aromatic rings. The predicted octanol–water partition coefficient (Wildman–Crippen LogP) is 4.36. The highest BCUT2D eigenvalue weighted by atomic mass is 32.1. The molecule has 5 nitrogen and oxygen atoms in total. The van der Waals surface area contributed by atoms with Gasteiger partial charge in [-0.05, 0) is 36.2 Å². The predicted molar refractivity (Wildman–Crippen MR) is 105 cm³/mol. The summed E-state index contributed by atoms with van der Waals surface area (Å²) >= 11 is 1.51. The van der Waals surface area contributed by atoms with E-state index in [0.29, 0.717) is 0 Å². The molecule has 0 atom stereocenters. The summed E-state index contributed by atoms with van der Waals surface area (Å²) < 4.78 is 1.94. The molecule has 0 fully saturated rings. The Bertz CT molecular complexity index is 1040. The number of para-hydroxylation sites is 2. The van der Waals surface area contributed by atoms with Crippen LogP contribution in [0.25, 0.3) is 21.7 Å². The number of anilines is 1. The van der Waals surface area contributed by atoms with E-state index in [4.69, 9.17) is 4.98 Å². The first-order valence-electron chi connectivity index (χ1n) is 8.47. The second-order valence-electron chi connectivity index (χ2n) is 5.97. The molecule has 26 heavy (non-hydrogen) atoms. The van der Waals surface area contributed by atoms with Gasteiger partial charge in [-0.3, -0.25) is 9.78 Å². The lowest BCUT2D eigenvalue weighted by Crippen LogP contribution is -2.19. The van der Waals surface area contributed by atoms with Crippen molar-refractivity contribution in [1.29, 1.82) is 0 Å². The molecule has 1 N–H and O–H groups in total. The molecule has 0 spiro atoms. The molecule has 0 aliphatic rings. The van der Waals surface area contributed by atoms with E-state index in [1.165, 1.54) is 16.9 Å². The van der Waals surface area contributed by atoms with Crippen molar-refractivity contribution in [3.63, 3.8) is 0 Å². The van der Waals surface area contributed by atoms with Crippen LogP contribution in [0.4, 0.5) is 5.69 Å². The van der Waals surface area contributed by atoms with Gasteiger partial charge >= 0.3 is 0 Å². The van der Waals surface area contributed by atoms with Crippen LogP contribution in [0, 0.1) is 0 Å². The van der Waals surface area contributed by atoms with E-state index in [1.54, 1.807) is 11.7 Å². The summed E-state index contributed by atoms with van der Waals surface area (Å²) in [5.74, 6) is 0.688. The van der Waals surface area contributed by atoms with Crippen molar-refractivity contribution in [1.82, 2.24) is 14.5 Å². The van der Waals surface area contributed by atoms with E-state index in [2.05, 4.69) is 17.2 Å². The number of aromatic nitrogens is 3. The molecule has 0 saturated carbocycles. The lowest BCUT2D eigenvalue weighted by atomic mass is 10.1. The summed E-state index contributed by atoms with van der Waals surface area (Å²) in [6.45, 7) is 2.31. The number of nitrogens with zero attached hydrogens (tertiary/aromatic N) is 3. The molecular weight excluding hydrogens is 344 g/mol. The minimum absolute atomic E-state index is 0.0804. The summed E-state index contributed by atoms with van der Waals surface area (Å²) in [7, 11) is 0. The second-order valence-corrected chi connectivity index (χ2v) is 6.86. The number of nitrogens with one attached hydrogen (secondary N) is 1. The van der Waals surface area contributed by atoms with Gasteiger partial charge in [0.1, 0.15) is 6.54 Å². The van der Waals surface area contributed by atoms with Crippen LogP contribution >= 0.6 is 11.3 Å². The molecule has 1 amide bonds. The van der Waals surface area contributed by atoms with E-state index < -0.39 is 0 Å². The standard InChI is InChI=1S/C20H18N4OS/c1-2-14-7-9-15(10-8-14)22-19(25)12-24-17-6-4-3-5-16(17)23-20(24)18-11-21-13-26-18/h3-11,13H,2,12H2,1H3,(H,22,25). The molecule has 4 rings (SSSR count). The minimum Gasteiger partial charge on any atom is -0.325 e. The Morgan fingerprint density at radius 3 is 2.69 bits per heavy atom. The monoisotopic (exact) mass is 362 g/mol. The lowest BCUT2D eigenvalue weighted by molar-refractivity contribution is -0.116. The van der Waals surface area contributed by atoms with Gasteiger partial charge in [0, 0.05) is 11.9 Å². The Morgan fingerprint density at radius 2 is 1.96 bits per heavy atom. The van der Waals surface area contributed by atoms with Crippen LogP contribution in [-0.2, 0) is 17.8 Å².